The summed E-state index contributed by atoms with van der Waals surface area (Å²) in [5.41, 5.74) is 0.860. The molecule has 21 heavy (non-hydrogen) atoms. The molecule has 1 aromatic rings. The number of rotatable bonds is 3. The average molecular weight is 289 g/mol. The molecule has 1 unspecified atom stereocenters. The van der Waals surface area contributed by atoms with Gasteiger partial charge in [0.15, 0.2) is 0 Å². The Labute approximate surface area is 127 Å². The van der Waals surface area contributed by atoms with Crippen LogP contribution in [0.15, 0.2) is 18.3 Å². The van der Waals surface area contributed by atoms with Gasteiger partial charge in [-0.15, -0.1) is 0 Å². The van der Waals surface area contributed by atoms with Gasteiger partial charge in [-0.05, 0) is 59.1 Å². The predicted molar refractivity (Wildman–Crippen MR) is 87.0 cm³/mol. The van der Waals surface area contributed by atoms with Crippen molar-refractivity contribution in [2.45, 2.75) is 64.2 Å². The highest BCUT2D eigenvalue weighted by molar-refractivity contribution is 5.50. The second-order valence-electron chi connectivity index (χ2n) is 7.47. The summed E-state index contributed by atoms with van der Waals surface area (Å²) in [4.78, 5) is 6.97. The lowest BCUT2D eigenvalue weighted by Gasteiger charge is -2.28. The Balaban J connectivity index is 1.68. The minimum atomic E-state index is -0.156. The van der Waals surface area contributed by atoms with Crippen molar-refractivity contribution >= 4 is 11.5 Å². The van der Waals surface area contributed by atoms with Crippen LogP contribution in [0.1, 0.15) is 47.0 Å². The van der Waals surface area contributed by atoms with E-state index in [0.29, 0.717) is 6.04 Å². The van der Waals surface area contributed by atoms with Crippen LogP contribution in [0.5, 0.6) is 0 Å². The van der Waals surface area contributed by atoms with E-state index in [1.165, 1.54) is 12.8 Å². The van der Waals surface area contributed by atoms with Gasteiger partial charge in [-0.3, -0.25) is 0 Å². The summed E-state index contributed by atoms with van der Waals surface area (Å²) >= 11 is 0. The van der Waals surface area contributed by atoms with Gasteiger partial charge in [0.2, 0.25) is 0 Å². The first-order valence-corrected chi connectivity index (χ1v) is 8.03. The standard InChI is InChI=1S/C17H27N3O/c1-16(2)11-14(17(3,4)21-16)19-13-7-8-15(18-12-13)20-9-5-6-10-20/h7-8,12,14,19H,5-6,9-11H2,1-4H3. The summed E-state index contributed by atoms with van der Waals surface area (Å²) in [6.07, 6.45) is 5.53. The van der Waals surface area contributed by atoms with Crippen molar-refractivity contribution < 1.29 is 4.74 Å². The highest BCUT2D eigenvalue weighted by Crippen LogP contribution is 2.38. The quantitative estimate of drug-likeness (QED) is 0.925. The summed E-state index contributed by atoms with van der Waals surface area (Å²) in [6.45, 7) is 10.9. The Morgan fingerprint density at radius 2 is 1.90 bits per heavy atom. The van der Waals surface area contributed by atoms with Gasteiger partial charge in [-0.2, -0.15) is 0 Å². The van der Waals surface area contributed by atoms with Gasteiger partial charge in [0, 0.05) is 13.1 Å². The maximum Gasteiger partial charge on any atom is 0.128 e. The van der Waals surface area contributed by atoms with E-state index in [2.05, 4.69) is 55.0 Å². The molecule has 0 amide bonds. The highest BCUT2D eigenvalue weighted by atomic mass is 16.5. The lowest BCUT2D eigenvalue weighted by Crippen LogP contribution is -2.38. The molecule has 0 radical (unpaired) electrons. The predicted octanol–water partition coefficient (Wildman–Crippen LogP) is 3.44. The molecule has 1 N–H and O–H groups in total. The van der Waals surface area contributed by atoms with E-state index in [0.717, 1.165) is 31.0 Å². The Hall–Kier alpha value is -1.29. The molecule has 4 nitrogen and oxygen atoms in total. The van der Waals surface area contributed by atoms with Gasteiger partial charge >= 0.3 is 0 Å². The fourth-order valence-electron chi connectivity index (χ4n) is 3.59. The molecule has 2 fully saturated rings. The smallest absolute Gasteiger partial charge is 0.128 e. The lowest BCUT2D eigenvalue weighted by molar-refractivity contribution is -0.0662. The number of pyridine rings is 1. The summed E-state index contributed by atoms with van der Waals surface area (Å²) in [5.74, 6) is 1.10. The highest BCUT2D eigenvalue weighted by Gasteiger charge is 2.45. The molecule has 0 aliphatic carbocycles. The zero-order valence-electron chi connectivity index (χ0n) is 13.6. The van der Waals surface area contributed by atoms with Crippen molar-refractivity contribution in [3.8, 4) is 0 Å². The van der Waals surface area contributed by atoms with E-state index < -0.39 is 0 Å². The molecule has 2 aliphatic rings. The van der Waals surface area contributed by atoms with Crippen LogP contribution >= 0.6 is 0 Å². The average Bonchev–Trinajstić information content (AvgIpc) is 2.97. The first kappa shape index (κ1) is 14.6. The number of hydrogen-bond acceptors (Lipinski definition) is 4. The van der Waals surface area contributed by atoms with E-state index in [1.54, 1.807) is 0 Å². The normalized spacial score (nSPS) is 27.0. The minimum Gasteiger partial charge on any atom is -0.378 e. The summed E-state index contributed by atoms with van der Waals surface area (Å²) in [7, 11) is 0. The zero-order chi connectivity index (χ0) is 15.1. The maximum atomic E-state index is 6.13. The summed E-state index contributed by atoms with van der Waals surface area (Å²) in [5, 5.41) is 3.60. The van der Waals surface area contributed by atoms with Crippen LogP contribution < -0.4 is 10.2 Å². The van der Waals surface area contributed by atoms with E-state index in [9.17, 15) is 0 Å². The van der Waals surface area contributed by atoms with Crippen LogP contribution in [-0.4, -0.2) is 35.3 Å². The molecule has 0 saturated carbocycles. The number of nitrogens with zero attached hydrogens (tertiary/aromatic N) is 2. The molecule has 0 spiro atoms. The molecule has 4 heteroatoms. The fourth-order valence-corrected chi connectivity index (χ4v) is 3.59. The van der Waals surface area contributed by atoms with Crippen LogP contribution in [0, 0.1) is 0 Å². The first-order valence-electron chi connectivity index (χ1n) is 8.03. The van der Waals surface area contributed by atoms with Crippen molar-refractivity contribution in [2.24, 2.45) is 0 Å². The number of aromatic nitrogens is 1. The summed E-state index contributed by atoms with van der Waals surface area (Å²) in [6, 6.07) is 4.58. The Morgan fingerprint density at radius 3 is 2.43 bits per heavy atom. The van der Waals surface area contributed by atoms with Gasteiger partial charge in [-0.25, -0.2) is 4.98 Å². The molecule has 2 saturated heterocycles. The SMILES string of the molecule is CC1(C)CC(Nc2ccc(N3CCCC3)nc2)C(C)(C)O1. The van der Waals surface area contributed by atoms with Crippen molar-refractivity contribution in [2.75, 3.05) is 23.3 Å². The Bertz CT molecular complexity index is 489. The Kier molecular flexibility index (Phi) is 3.60. The minimum absolute atomic E-state index is 0.0654. The number of ether oxygens (including phenoxy) is 1. The molecule has 1 atom stereocenters. The van der Waals surface area contributed by atoms with Crippen molar-refractivity contribution in [1.29, 1.82) is 0 Å². The second-order valence-corrected chi connectivity index (χ2v) is 7.47. The van der Waals surface area contributed by atoms with E-state index in [4.69, 9.17) is 4.74 Å². The number of anilines is 2. The largest absolute Gasteiger partial charge is 0.378 e. The van der Waals surface area contributed by atoms with Crippen LogP contribution in [-0.2, 0) is 4.74 Å². The van der Waals surface area contributed by atoms with Gasteiger partial charge in [0.05, 0.1) is 29.1 Å². The van der Waals surface area contributed by atoms with E-state index in [1.807, 2.05) is 6.20 Å². The van der Waals surface area contributed by atoms with Gasteiger partial charge < -0.3 is 15.0 Å². The molecule has 0 aromatic carbocycles. The Morgan fingerprint density at radius 1 is 1.19 bits per heavy atom. The van der Waals surface area contributed by atoms with Crippen molar-refractivity contribution in [3.63, 3.8) is 0 Å². The molecular formula is C17H27N3O. The van der Waals surface area contributed by atoms with E-state index >= 15 is 0 Å². The molecule has 2 aliphatic heterocycles. The maximum absolute atomic E-state index is 6.13. The van der Waals surface area contributed by atoms with E-state index in [-0.39, 0.29) is 11.2 Å². The van der Waals surface area contributed by atoms with Gasteiger partial charge in [0.1, 0.15) is 5.82 Å². The van der Waals surface area contributed by atoms with Crippen molar-refractivity contribution in [3.05, 3.63) is 18.3 Å². The van der Waals surface area contributed by atoms with Crippen LogP contribution in [0.3, 0.4) is 0 Å². The molecule has 3 rings (SSSR count). The van der Waals surface area contributed by atoms with Crippen LogP contribution in [0.25, 0.3) is 0 Å². The fraction of sp³-hybridized carbons (Fsp3) is 0.706. The lowest BCUT2D eigenvalue weighted by atomic mass is 9.94. The third-order valence-electron chi connectivity index (χ3n) is 4.59. The third kappa shape index (κ3) is 3.15. The van der Waals surface area contributed by atoms with Crippen LogP contribution in [0.4, 0.5) is 11.5 Å². The second kappa shape index (κ2) is 5.16. The van der Waals surface area contributed by atoms with Crippen LogP contribution in [0.2, 0.25) is 0 Å². The molecule has 116 valence electrons. The molecular weight excluding hydrogens is 262 g/mol. The molecule has 0 bridgehead atoms. The van der Waals surface area contributed by atoms with Gasteiger partial charge in [-0.1, -0.05) is 0 Å². The first-order chi connectivity index (χ1) is 9.86. The molecule has 3 heterocycles. The van der Waals surface area contributed by atoms with Gasteiger partial charge in [0.25, 0.3) is 0 Å². The summed E-state index contributed by atoms with van der Waals surface area (Å²) < 4.78 is 6.13. The number of hydrogen-bond donors (Lipinski definition) is 1. The monoisotopic (exact) mass is 289 g/mol. The number of nitrogens with one attached hydrogen (secondary N) is 1. The topological polar surface area (TPSA) is 37.4 Å². The molecule has 1 aromatic heterocycles. The van der Waals surface area contributed by atoms with Crippen molar-refractivity contribution in [1.82, 2.24) is 4.98 Å². The zero-order valence-corrected chi connectivity index (χ0v) is 13.6. The third-order valence-corrected chi connectivity index (χ3v) is 4.59.